The molecule has 3 heteroatoms. The third-order valence-corrected chi connectivity index (χ3v) is 6.84. The van der Waals surface area contributed by atoms with Gasteiger partial charge in [0.15, 0.2) is 0 Å². The van der Waals surface area contributed by atoms with E-state index in [1.807, 2.05) is 0 Å². The summed E-state index contributed by atoms with van der Waals surface area (Å²) in [6.45, 7) is 14.2. The summed E-state index contributed by atoms with van der Waals surface area (Å²) in [6.07, 6.45) is 5.59. The predicted octanol–water partition coefficient (Wildman–Crippen LogP) is 2.26. The second-order valence-corrected chi connectivity index (χ2v) is 7.98. The van der Waals surface area contributed by atoms with Crippen LogP contribution in [0.3, 0.4) is 0 Å². The van der Waals surface area contributed by atoms with Gasteiger partial charge < -0.3 is 0 Å². The maximum Gasteiger partial charge on any atom is 0.0732 e. The normalized spacial score (nSPS) is 25.2. The lowest BCUT2D eigenvalue weighted by molar-refractivity contribution is -0.0548. The number of rotatable bonds is 6. The lowest BCUT2D eigenvalue weighted by Crippen LogP contribution is -2.60. The fourth-order valence-corrected chi connectivity index (χ4v) is 5.09. The Balaban J connectivity index is 2.11. The van der Waals surface area contributed by atoms with E-state index in [4.69, 9.17) is 0 Å². The molecule has 18 heavy (non-hydrogen) atoms. The maximum absolute atomic E-state index is 3.94. The van der Waals surface area contributed by atoms with E-state index < -0.39 is 0 Å². The van der Waals surface area contributed by atoms with E-state index in [-0.39, 0.29) is 9.52 Å². The second-order valence-electron chi connectivity index (χ2n) is 6.25. The zero-order valence-electron chi connectivity index (χ0n) is 12.3. The molecule has 0 saturated carbocycles. The van der Waals surface area contributed by atoms with E-state index in [0.29, 0.717) is 5.66 Å². The number of nitrogens with zero attached hydrogens (tertiary/aromatic N) is 2. The van der Waals surface area contributed by atoms with Crippen LogP contribution >= 0.6 is 0 Å². The van der Waals surface area contributed by atoms with Gasteiger partial charge in [-0.05, 0) is 64.7 Å². The van der Waals surface area contributed by atoms with E-state index in [1.54, 1.807) is 0 Å². The van der Waals surface area contributed by atoms with Crippen LogP contribution in [0.1, 0.15) is 39.5 Å². The molecule has 0 amide bonds. The SMILES string of the molecule is C=C[SiH2]CC(C)C(C)(N1CCCC1)N1CCCC1. The van der Waals surface area contributed by atoms with Crippen LogP contribution in [0.25, 0.3) is 0 Å². The Kier molecular flexibility index (Phi) is 5.04. The summed E-state index contributed by atoms with van der Waals surface area (Å²) in [5.74, 6) is 0.790. The molecule has 0 spiro atoms. The van der Waals surface area contributed by atoms with Gasteiger partial charge in [-0.2, -0.15) is 0 Å². The quantitative estimate of drug-likeness (QED) is 0.681. The molecule has 2 heterocycles. The van der Waals surface area contributed by atoms with Crippen LogP contribution in [0.15, 0.2) is 12.3 Å². The first-order valence-corrected chi connectivity index (χ1v) is 9.62. The summed E-state index contributed by atoms with van der Waals surface area (Å²) in [4.78, 5) is 5.56. The van der Waals surface area contributed by atoms with Crippen molar-refractivity contribution in [3.63, 3.8) is 0 Å². The number of hydrogen-bond acceptors (Lipinski definition) is 2. The molecule has 0 aromatic rings. The molecule has 0 aromatic heterocycles. The highest BCUT2D eigenvalue weighted by molar-refractivity contribution is 6.41. The van der Waals surface area contributed by atoms with Crippen molar-refractivity contribution >= 4 is 9.52 Å². The topological polar surface area (TPSA) is 6.48 Å². The first kappa shape index (κ1) is 14.3. The van der Waals surface area contributed by atoms with E-state index in [1.165, 1.54) is 57.9 Å². The van der Waals surface area contributed by atoms with Gasteiger partial charge in [-0.3, -0.25) is 9.80 Å². The van der Waals surface area contributed by atoms with E-state index in [9.17, 15) is 0 Å². The molecular formula is C15H30N2Si. The van der Waals surface area contributed by atoms with E-state index in [0.717, 1.165) is 5.92 Å². The average molecular weight is 267 g/mol. The smallest absolute Gasteiger partial charge is 0.0732 e. The molecular weight excluding hydrogens is 236 g/mol. The molecule has 2 nitrogen and oxygen atoms in total. The fourth-order valence-electron chi connectivity index (χ4n) is 3.80. The molecule has 0 aromatic carbocycles. The third-order valence-electron chi connectivity index (χ3n) is 5.23. The van der Waals surface area contributed by atoms with Gasteiger partial charge in [0.05, 0.1) is 5.66 Å². The summed E-state index contributed by atoms with van der Waals surface area (Å²) in [5.41, 5.74) is 2.54. The van der Waals surface area contributed by atoms with Crippen LogP contribution in [0.5, 0.6) is 0 Å². The van der Waals surface area contributed by atoms with Crippen molar-refractivity contribution in [1.29, 1.82) is 0 Å². The van der Waals surface area contributed by atoms with Crippen molar-refractivity contribution in [1.82, 2.24) is 9.80 Å². The van der Waals surface area contributed by atoms with Gasteiger partial charge in [0.1, 0.15) is 0 Å². The first-order chi connectivity index (χ1) is 8.69. The Labute approximate surface area is 115 Å². The number of likely N-dealkylation sites (tertiary alicyclic amines) is 2. The molecule has 2 aliphatic heterocycles. The highest BCUT2D eigenvalue weighted by Gasteiger charge is 2.43. The lowest BCUT2D eigenvalue weighted by atomic mass is 9.94. The van der Waals surface area contributed by atoms with Gasteiger partial charge >= 0.3 is 0 Å². The Morgan fingerprint density at radius 3 is 1.94 bits per heavy atom. The van der Waals surface area contributed by atoms with E-state index >= 15 is 0 Å². The van der Waals surface area contributed by atoms with Crippen molar-refractivity contribution in [2.75, 3.05) is 26.2 Å². The van der Waals surface area contributed by atoms with Gasteiger partial charge in [-0.15, -0.1) is 12.3 Å². The van der Waals surface area contributed by atoms with Gasteiger partial charge in [0, 0.05) is 9.52 Å². The minimum Gasteiger partial charge on any atom is -0.285 e. The van der Waals surface area contributed by atoms with Crippen molar-refractivity contribution in [3.8, 4) is 0 Å². The Morgan fingerprint density at radius 2 is 1.56 bits per heavy atom. The van der Waals surface area contributed by atoms with Crippen molar-refractivity contribution in [2.45, 2.75) is 51.2 Å². The zero-order chi connectivity index (χ0) is 13.0. The molecule has 2 saturated heterocycles. The predicted molar refractivity (Wildman–Crippen MR) is 82.7 cm³/mol. The molecule has 2 fully saturated rings. The molecule has 0 radical (unpaired) electrons. The highest BCUT2D eigenvalue weighted by Crippen LogP contribution is 2.36. The largest absolute Gasteiger partial charge is 0.285 e. The van der Waals surface area contributed by atoms with Crippen LogP contribution in [-0.2, 0) is 0 Å². The Morgan fingerprint density at radius 1 is 1.11 bits per heavy atom. The van der Waals surface area contributed by atoms with Crippen LogP contribution in [0.2, 0.25) is 6.04 Å². The summed E-state index contributed by atoms with van der Waals surface area (Å²) in [6, 6.07) is 1.41. The summed E-state index contributed by atoms with van der Waals surface area (Å²) >= 11 is 0. The molecule has 0 N–H and O–H groups in total. The molecule has 1 unspecified atom stereocenters. The minimum atomic E-state index is -0.0488. The molecule has 2 aliphatic rings. The van der Waals surface area contributed by atoms with Gasteiger partial charge in [-0.25, -0.2) is 0 Å². The van der Waals surface area contributed by atoms with Gasteiger partial charge in [0.2, 0.25) is 0 Å². The number of hydrogen-bond donors (Lipinski definition) is 0. The zero-order valence-corrected chi connectivity index (χ0v) is 13.7. The molecule has 2 rings (SSSR count). The summed E-state index contributed by atoms with van der Waals surface area (Å²) in [7, 11) is -0.0488. The minimum absolute atomic E-state index is 0.0488. The van der Waals surface area contributed by atoms with Crippen molar-refractivity contribution in [2.24, 2.45) is 5.92 Å². The molecule has 104 valence electrons. The monoisotopic (exact) mass is 266 g/mol. The van der Waals surface area contributed by atoms with Crippen LogP contribution in [-0.4, -0.2) is 51.2 Å². The summed E-state index contributed by atoms with van der Waals surface area (Å²) < 4.78 is 0. The standard InChI is InChI=1S/C15H30N2Si/c1-4-18-13-14(2)15(3,16-9-5-6-10-16)17-11-7-8-12-17/h4,14H,1,5-13,18H2,2-3H3. The van der Waals surface area contributed by atoms with Gasteiger partial charge in [0.25, 0.3) is 0 Å². The molecule has 0 aliphatic carbocycles. The maximum atomic E-state index is 3.94. The second kappa shape index (κ2) is 6.35. The van der Waals surface area contributed by atoms with Gasteiger partial charge in [-0.1, -0.05) is 13.0 Å². The third kappa shape index (κ3) is 2.73. The molecule has 0 bridgehead atoms. The summed E-state index contributed by atoms with van der Waals surface area (Å²) in [5, 5.41) is 0. The van der Waals surface area contributed by atoms with Crippen molar-refractivity contribution < 1.29 is 0 Å². The van der Waals surface area contributed by atoms with Crippen molar-refractivity contribution in [3.05, 3.63) is 12.3 Å². The van der Waals surface area contributed by atoms with Crippen LogP contribution in [0.4, 0.5) is 0 Å². The van der Waals surface area contributed by atoms with Crippen LogP contribution < -0.4 is 0 Å². The highest BCUT2D eigenvalue weighted by atomic mass is 28.2. The Hall–Kier alpha value is -0.123. The average Bonchev–Trinajstić information content (AvgIpc) is 3.05. The van der Waals surface area contributed by atoms with E-state index in [2.05, 4.69) is 35.9 Å². The first-order valence-electron chi connectivity index (χ1n) is 7.80. The van der Waals surface area contributed by atoms with Crippen LogP contribution in [0, 0.1) is 5.92 Å². The lowest BCUT2D eigenvalue weighted by Gasteiger charge is -2.50. The molecule has 1 atom stereocenters. The fraction of sp³-hybridized carbons (Fsp3) is 0.867. The Bertz CT molecular complexity index is 252.